The first-order valence-electron chi connectivity index (χ1n) is 12.3. The lowest BCUT2D eigenvalue weighted by atomic mass is 10.0. The molecule has 38 heavy (non-hydrogen) atoms. The fourth-order valence-corrected chi connectivity index (χ4v) is 4.79. The number of carbonyl (C=O) groups is 2. The molecule has 1 N–H and O–H groups in total. The second kappa shape index (κ2) is 10.7. The molecule has 9 heteroatoms. The molecule has 2 amide bonds. The van der Waals surface area contributed by atoms with Crippen LogP contribution >= 0.6 is 11.6 Å². The molecule has 0 saturated carbocycles. The van der Waals surface area contributed by atoms with E-state index in [-0.39, 0.29) is 30.2 Å². The highest BCUT2D eigenvalue weighted by Gasteiger charge is 2.29. The number of pyridine rings is 2. The van der Waals surface area contributed by atoms with Crippen molar-refractivity contribution < 1.29 is 14.3 Å². The van der Waals surface area contributed by atoms with Gasteiger partial charge in [-0.05, 0) is 35.2 Å². The van der Waals surface area contributed by atoms with E-state index >= 15 is 0 Å². The van der Waals surface area contributed by atoms with Crippen LogP contribution in [0.1, 0.15) is 22.8 Å². The fraction of sp³-hybridized carbons (Fsp3) is 0.241. The molecule has 0 bridgehead atoms. The van der Waals surface area contributed by atoms with Gasteiger partial charge in [0.25, 0.3) is 11.5 Å². The number of amides is 2. The molecule has 0 radical (unpaired) electrons. The summed E-state index contributed by atoms with van der Waals surface area (Å²) in [7, 11) is 1.53. The summed E-state index contributed by atoms with van der Waals surface area (Å²) in [5.74, 6) is 0.131. The Morgan fingerprint density at radius 1 is 1.11 bits per heavy atom. The van der Waals surface area contributed by atoms with Crippen LogP contribution in [-0.2, 0) is 17.9 Å². The van der Waals surface area contributed by atoms with Crippen LogP contribution in [0.2, 0.25) is 5.02 Å². The minimum atomic E-state index is -0.588. The van der Waals surface area contributed by atoms with Crippen LogP contribution in [-0.4, -0.2) is 46.5 Å². The highest BCUT2D eigenvalue weighted by Crippen LogP contribution is 2.35. The van der Waals surface area contributed by atoms with E-state index < -0.39 is 11.5 Å². The molecule has 1 fully saturated rings. The molecule has 0 unspecified atom stereocenters. The third kappa shape index (κ3) is 4.99. The zero-order chi connectivity index (χ0) is 26.8. The van der Waals surface area contributed by atoms with E-state index in [2.05, 4.69) is 17.2 Å². The van der Waals surface area contributed by atoms with Gasteiger partial charge in [-0.2, -0.15) is 0 Å². The van der Waals surface area contributed by atoms with Gasteiger partial charge < -0.3 is 15.0 Å². The van der Waals surface area contributed by atoms with E-state index in [0.29, 0.717) is 40.7 Å². The predicted molar refractivity (Wildman–Crippen MR) is 146 cm³/mol. The van der Waals surface area contributed by atoms with Crippen molar-refractivity contribution >= 4 is 34.4 Å². The quantitative estimate of drug-likeness (QED) is 0.388. The second-order valence-electron chi connectivity index (χ2n) is 9.47. The molecule has 8 nitrogen and oxygen atoms in total. The van der Waals surface area contributed by atoms with E-state index in [9.17, 15) is 14.4 Å². The van der Waals surface area contributed by atoms with Crippen molar-refractivity contribution in [2.24, 2.45) is 5.92 Å². The first kappa shape index (κ1) is 25.5. The summed E-state index contributed by atoms with van der Waals surface area (Å²) < 4.78 is 7.06. The van der Waals surface area contributed by atoms with E-state index in [0.717, 1.165) is 11.1 Å². The van der Waals surface area contributed by atoms with Crippen molar-refractivity contribution in [2.45, 2.75) is 20.0 Å². The summed E-state index contributed by atoms with van der Waals surface area (Å²) in [5.41, 5.74) is 2.01. The summed E-state index contributed by atoms with van der Waals surface area (Å²) in [6.45, 7) is 3.33. The zero-order valence-electron chi connectivity index (χ0n) is 21.1. The smallest absolute Gasteiger partial charge is 0.265 e. The Labute approximate surface area is 224 Å². The molecule has 194 valence electrons. The molecule has 4 aromatic rings. The van der Waals surface area contributed by atoms with Crippen molar-refractivity contribution in [3.8, 4) is 16.9 Å². The van der Waals surface area contributed by atoms with Crippen molar-refractivity contribution in [3.63, 3.8) is 0 Å². The van der Waals surface area contributed by atoms with Gasteiger partial charge in [0.05, 0.1) is 12.5 Å². The van der Waals surface area contributed by atoms with Crippen molar-refractivity contribution in [3.05, 3.63) is 93.4 Å². The van der Waals surface area contributed by atoms with Crippen LogP contribution < -0.4 is 15.6 Å². The van der Waals surface area contributed by atoms with Crippen molar-refractivity contribution in [2.75, 3.05) is 20.2 Å². The molecule has 2 aromatic heterocycles. The second-order valence-corrected chi connectivity index (χ2v) is 9.91. The highest BCUT2D eigenvalue weighted by atomic mass is 35.5. The van der Waals surface area contributed by atoms with Gasteiger partial charge in [0.15, 0.2) is 0 Å². The maximum atomic E-state index is 13.6. The molecule has 0 spiro atoms. The van der Waals surface area contributed by atoms with Crippen LogP contribution in [0.4, 0.5) is 0 Å². The topological polar surface area (TPSA) is 93.5 Å². The third-order valence-electron chi connectivity index (χ3n) is 6.68. The molecular formula is C29H27ClN4O4. The number of nitrogens with one attached hydrogen (secondary N) is 1. The minimum Gasteiger partial charge on any atom is -0.495 e. The van der Waals surface area contributed by atoms with Gasteiger partial charge in [0.1, 0.15) is 23.5 Å². The molecule has 5 rings (SSSR count). The lowest BCUT2D eigenvalue weighted by molar-refractivity contribution is -0.137. The molecule has 1 saturated heterocycles. The third-order valence-corrected chi connectivity index (χ3v) is 6.93. The summed E-state index contributed by atoms with van der Waals surface area (Å²) in [4.78, 5) is 46.1. The van der Waals surface area contributed by atoms with Gasteiger partial charge in [0, 0.05) is 36.4 Å². The number of methoxy groups -OCH3 is 1. The van der Waals surface area contributed by atoms with Gasteiger partial charge in [-0.3, -0.25) is 19.0 Å². The molecule has 1 aliphatic heterocycles. The molecule has 2 aromatic carbocycles. The maximum absolute atomic E-state index is 13.6. The first-order valence-corrected chi connectivity index (χ1v) is 12.7. The highest BCUT2D eigenvalue weighted by molar-refractivity contribution is 6.30. The largest absolute Gasteiger partial charge is 0.495 e. The summed E-state index contributed by atoms with van der Waals surface area (Å²) in [5, 5.41) is 3.86. The van der Waals surface area contributed by atoms with Crippen molar-refractivity contribution in [1.82, 2.24) is 19.8 Å². The van der Waals surface area contributed by atoms with Gasteiger partial charge in [-0.15, -0.1) is 0 Å². The van der Waals surface area contributed by atoms with Crippen molar-refractivity contribution in [1.29, 1.82) is 0 Å². The van der Waals surface area contributed by atoms with Gasteiger partial charge in [0.2, 0.25) is 5.91 Å². The lowest BCUT2D eigenvalue weighted by Gasteiger charge is -2.37. The molecule has 0 aliphatic carbocycles. The molecule has 0 atom stereocenters. The number of hydrogen-bond donors (Lipinski definition) is 1. The Balaban J connectivity index is 1.60. The first-order chi connectivity index (χ1) is 18.4. The lowest BCUT2D eigenvalue weighted by Crippen LogP contribution is -2.50. The molecule has 3 heterocycles. The monoisotopic (exact) mass is 530 g/mol. The zero-order valence-corrected chi connectivity index (χ0v) is 21.9. The Morgan fingerprint density at radius 3 is 2.47 bits per heavy atom. The molecule has 1 aliphatic rings. The van der Waals surface area contributed by atoms with Gasteiger partial charge in [-0.1, -0.05) is 61.0 Å². The Hall–Kier alpha value is -4.17. The standard InChI is InChI=1S/C29H27ClN4O4/c1-18-15-33(16-18)25(35)17-34-27-22(26(38-2)24(14-31-27)20-6-4-3-5-7-20)12-23(29(34)37)28(36)32-13-19-8-10-21(30)11-9-19/h3-12,14,18H,13,15-17H2,1-2H3,(H,32,36). The number of benzene rings is 2. The van der Waals surface area contributed by atoms with Crippen LogP contribution in [0.25, 0.3) is 22.2 Å². The van der Waals surface area contributed by atoms with Gasteiger partial charge in [-0.25, -0.2) is 4.98 Å². The van der Waals surface area contributed by atoms with E-state index in [1.807, 2.05) is 30.3 Å². The minimum absolute atomic E-state index is 0.0958. The van der Waals surface area contributed by atoms with Gasteiger partial charge >= 0.3 is 0 Å². The average Bonchev–Trinajstić information content (AvgIpc) is 2.91. The van der Waals surface area contributed by atoms with Crippen LogP contribution in [0, 0.1) is 5.92 Å². The van der Waals surface area contributed by atoms with Crippen LogP contribution in [0.3, 0.4) is 0 Å². The van der Waals surface area contributed by atoms with E-state index in [4.69, 9.17) is 16.3 Å². The van der Waals surface area contributed by atoms with E-state index in [1.165, 1.54) is 17.7 Å². The number of ether oxygens (including phenoxy) is 1. The number of fused-ring (bicyclic) bond motifs is 1. The maximum Gasteiger partial charge on any atom is 0.265 e. The Kier molecular flexibility index (Phi) is 7.15. The number of carbonyl (C=O) groups excluding carboxylic acids is 2. The number of rotatable bonds is 7. The average molecular weight is 531 g/mol. The summed E-state index contributed by atoms with van der Waals surface area (Å²) in [6, 6.07) is 18.1. The normalized spacial score (nSPS) is 13.3. The summed E-state index contributed by atoms with van der Waals surface area (Å²) >= 11 is 5.96. The number of nitrogens with zero attached hydrogens (tertiary/aromatic N) is 3. The summed E-state index contributed by atoms with van der Waals surface area (Å²) in [6.07, 6.45) is 1.63. The predicted octanol–water partition coefficient (Wildman–Crippen LogP) is 4.13. The Morgan fingerprint density at radius 2 is 1.82 bits per heavy atom. The Bertz CT molecular complexity index is 1560. The molecular weight excluding hydrogens is 504 g/mol. The van der Waals surface area contributed by atoms with E-state index in [1.54, 1.807) is 35.4 Å². The SMILES string of the molecule is COc1c(-c2ccccc2)cnc2c1cc(C(=O)NCc1ccc(Cl)cc1)c(=O)n2CC(=O)N1CC(C)C1. The number of hydrogen-bond acceptors (Lipinski definition) is 5. The number of likely N-dealkylation sites (tertiary alicyclic amines) is 1. The number of halogens is 1. The van der Waals surface area contributed by atoms with Crippen LogP contribution in [0.5, 0.6) is 5.75 Å². The fourth-order valence-electron chi connectivity index (χ4n) is 4.66. The number of aromatic nitrogens is 2. The van der Waals surface area contributed by atoms with Crippen LogP contribution in [0.15, 0.2) is 71.7 Å².